The summed E-state index contributed by atoms with van der Waals surface area (Å²) in [7, 11) is 0. The van der Waals surface area contributed by atoms with Gasteiger partial charge in [0.25, 0.3) is 0 Å². The molecule has 2 N–H and O–H groups in total. The van der Waals surface area contributed by atoms with Crippen LogP contribution in [0.15, 0.2) is 24.3 Å². The topological polar surface area (TPSA) is 35.2 Å². The maximum absolute atomic E-state index is 13.2. The summed E-state index contributed by atoms with van der Waals surface area (Å²) in [5, 5.41) is 0. The second-order valence-electron chi connectivity index (χ2n) is 4.88. The highest BCUT2D eigenvalue weighted by Gasteiger charge is 2.32. The molecule has 0 aromatic heterocycles. The normalized spacial score (nSPS) is 20.2. The molecule has 1 aliphatic rings. The first-order chi connectivity index (χ1) is 7.64. The predicted molar refractivity (Wildman–Crippen MR) is 61.7 cm³/mol. The molecule has 2 nitrogen and oxygen atoms in total. The van der Waals surface area contributed by atoms with Gasteiger partial charge in [-0.3, -0.25) is 0 Å². The third-order valence-electron chi connectivity index (χ3n) is 3.42. The van der Waals surface area contributed by atoms with E-state index in [0.29, 0.717) is 12.5 Å². The number of hydrogen-bond donors (Lipinski definition) is 1. The molecule has 0 amide bonds. The zero-order chi connectivity index (χ0) is 11.6. The molecular formula is C13H18FNO. The van der Waals surface area contributed by atoms with E-state index in [2.05, 4.69) is 6.92 Å². The third kappa shape index (κ3) is 2.25. The van der Waals surface area contributed by atoms with Crippen LogP contribution in [0.25, 0.3) is 0 Å². The monoisotopic (exact) mass is 223 g/mol. The van der Waals surface area contributed by atoms with Crippen molar-refractivity contribution in [3.63, 3.8) is 0 Å². The molecule has 0 spiro atoms. The first-order valence-electron chi connectivity index (χ1n) is 5.68. The summed E-state index contributed by atoms with van der Waals surface area (Å²) in [4.78, 5) is 0. The molecule has 1 heterocycles. The van der Waals surface area contributed by atoms with E-state index in [0.717, 1.165) is 25.2 Å². The van der Waals surface area contributed by atoms with Crippen molar-refractivity contribution in [2.24, 2.45) is 11.7 Å². The summed E-state index contributed by atoms with van der Waals surface area (Å²) < 4.78 is 18.4. The summed E-state index contributed by atoms with van der Waals surface area (Å²) in [5.74, 6) is 0.374. The molecule has 1 atom stereocenters. The van der Waals surface area contributed by atoms with Crippen LogP contribution in [-0.2, 0) is 10.2 Å². The molecule has 1 saturated heterocycles. The van der Waals surface area contributed by atoms with Gasteiger partial charge in [-0.2, -0.15) is 0 Å². The van der Waals surface area contributed by atoms with Crippen molar-refractivity contribution in [3.05, 3.63) is 35.6 Å². The van der Waals surface area contributed by atoms with Crippen LogP contribution in [0.5, 0.6) is 0 Å². The highest BCUT2D eigenvalue weighted by molar-refractivity contribution is 5.26. The van der Waals surface area contributed by atoms with Gasteiger partial charge in [0, 0.05) is 17.9 Å². The van der Waals surface area contributed by atoms with E-state index >= 15 is 0 Å². The van der Waals surface area contributed by atoms with E-state index in [1.807, 2.05) is 6.07 Å². The van der Waals surface area contributed by atoms with Gasteiger partial charge < -0.3 is 10.5 Å². The average molecular weight is 223 g/mol. The average Bonchev–Trinajstić information content (AvgIpc) is 2.23. The van der Waals surface area contributed by atoms with Gasteiger partial charge in [-0.15, -0.1) is 0 Å². The van der Waals surface area contributed by atoms with E-state index in [4.69, 9.17) is 10.5 Å². The number of halogens is 1. The minimum Gasteiger partial charge on any atom is -0.381 e. The second-order valence-corrected chi connectivity index (χ2v) is 4.88. The number of nitrogens with two attached hydrogens (primary N) is 1. The summed E-state index contributed by atoms with van der Waals surface area (Å²) in [6, 6.07) is 6.75. The van der Waals surface area contributed by atoms with Crippen molar-refractivity contribution < 1.29 is 9.13 Å². The van der Waals surface area contributed by atoms with E-state index in [1.165, 1.54) is 6.07 Å². The molecule has 1 aliphatic heterocycles. The number of rotatable bonds is 4. The van der Waals surface area contributed by atoms with Crippen molar-refractivity contribution >= 4 is 0 Å². The molecule has 2 rings (SSSR count). The van der Waals surface area contributed by atoms with Crippen LogP contribution >= 0.6 is 0 Å². The molecule has 0 saturated carbocycles. The van der Waals surface area contributed by atoms with E-state index in [1.54, 1.807) is 12.1 Å². The van der Waals surface area contributed by atoms with Crippen LogP contribution in [0.3, 0.4) is 0 Å². The van der Waals surface area contributed by atoms with E-state index < -0.39 is 0 Å². The fourth-order valence-electron chi connectivity index (χ4n) is 2.22. The molecule has 0 radical (unpaired) electrons. The molecular weight excluding hydrogens is 205 g/mol. The Labute approximate surface area is 95.6 Å². The summed E-state index contributed by atoms with van der Waals surface area (Å²) in [5.41, 5.74) is 6.70. The van der Waals surface area contributed by atoms with Crippen LogP contribution in [-0.4, -0.2) is 19.8 Å². The lowest BCUT2D eigenvalue weighted by molar-refractivity contribution is -0.0441. The maximum atomic E-state index is 13.2. The molecule has 0 aliphatic carbocycles. The predicted octanol–water partition coefficient (Wildman–Crippen LogP) is 2.08. The van der Waals surface area contributed by atoms with Gasteiger partial charge in [0.15, 0.2) is 0 Å². The lowest BCUT2D eigenvalue weighted by Crippen LogP contribution is -2.39. The van der Waals surface area contributed by atoms with Gasteiger partial charge >= 0.3 is 0 Å². The molecule has 88 valence electrons. The van der Waals surface area contributed by atoms with Gasteiger partial charge in [-0.05, 0) is 24.1 Å². The Kier molecular flexibility index (Phi) is 3.26. The molecule has 0 bridgehead atoms. The molecule has 1 fully saturated rings. The zero-order valence-corrected chi connectivity index (χ0v) is 9.58. The molecule has 1 aromatic carbocycles. The fraction of sp³-hybridized carbons (Fsp3) is 0.538. The number of benzene rings is 1. The highest BCUT2D eigenvalue weighted by atomic mass is 19.1. The Balaban J connectivity index is 2.18. The number of ether oxygens (including phenoxy) is 1. The highest BCUT2D eigenvalue weighted by Crippen LogP contribution is 2.33. The van der Waals surface area contributed by atoms with Crippen molar-refractivity contribution in [1.82, 2.24) is 0 Å². The lowest BCUT2D eigenvalue weighted by atomic mass is 9.75. The van der Waals surface area contributed by atoms with Gasteiger partial charge in [-0.1, -0.05) is 19.1 Å². The zero-order valence-electron chi connectivity index (χ0n) is 9.58. The van der Waals surface area contributed by atoms with Gasteiger partial charge in [0.05, 0.1) is 13.2 Å². The van der Waals surface area contributed by atoms with E-state index in [9.17, 15) is 4.39 Å². The Morgan fingerprint density at radius 2 is 2.25 bits per heavy atom. The first-order valence-corrected chi connectivity index (χ1v) is 5.68. The molecule has 1 aromatic rings. The van der Waals surface area contributed by atoms with Crippen LogP contribution in [0.2, 0.25) is 0 Å². The van der Waals surface area contributed by atoms with Crippen molar-refractivity contribution in [1.29, 1.82) is 0 Å². The van der Waals surface area contributed by atoms with Gasteiger partial charge in [0.1, 0.15) is 5.82 Å². The SMILES string of the molecule is CC(CN)(CC1COC1)c1cccc(F)c1. The van der Waals surface area contributed by atoms with Crippen molar-refractivity contribution in [3.8, 4) is 0 Å². The fourth-order valence-corrected chi connectivity index (χ4v) is 2.22. The third-order valence-corrected chi connectivity index (χ3v) is 3.42. The van der Waals surface area contributed by atoms with Crippen molar-refractivity contribution in [2.75, 3.05) is 19.8 Å². The largest absolute Gasteiger partial charge is 0.381 e. The summed E-state index contributed by atoms with van der Waals surface area (Å²) >= 11 is 0. The molecule has 16 heavy (non-hydrogen) atoms. The molecule has 1 unspecified atom stereocenters. The number of hydrogen-bond acceptors (Lipinski definition) is 2. The standard InChI is InChI=1S/C13H18FNO/c1-13(9-15,6-10-7-16-8-10)11-3-2-4-12(14)5-11/h2-5,10H,6-9,15H2,1H3. The van der Waals surface area contributed by atoms with Crippen molar-refractivity contribution in [2.45, 2.75) is 18.8 Å². The minimum atomic E-state index is -0.193. The first kappa shape index (κ1) is 11.6. The summed E-state index contributed by atoms with van der Waals surface area (Å²) in [6.07, 6.45) is 0.965. The van der Waals surface area contributed by atoms with Gasteiger partial charge in [-0.25, -0.2) is 4.39 Å². The van der Waals surface area contributed by atoms with Crippen LogP contribution in [0.4, 0.5) is 4.39 Å². The van der Waals surface area contributed by atoms with E-state index in [-0.39, 0.29) is 11.2 Å². The Morgan fingerprint density at radius 3 is 2.75 bits per heavy atom. The Morgan fingerprint density at radius 1 is 1.50 bits per heavy atom. The Bertz CT molecular complexity index is 365. The van der Waals surface area contributed by atoms with Crippen LogP contribution < -0.4 is 5.73 Å². The molecule has 3 heteroatoms. The second kappa shape index (κ2) is 4.52. The van der Waals surface area contributed by atoms with Crippen LogP contribution in [0.1, 0.15) is 18.9 Å². The lowest BCUT2D eigenvalue weighted by Gasteiger charge is -2.36. The quantitative estimate of drug-likeness (QED) is 0.848. The maximum Gasteiger partial charge on any atom is 0.123 e. The Hall–Kier alpha value is -0.930. The van der Waals surface area contributed by atoms with Crippen LogP contribution in [0, 0.1) is 11.7 Å². The summed E-state index contributed by atoms with van der Waals surface area (Å²) in [6.45, 7) is 4.25. The minimum absolute atomic E-state index is 0.142. The van der Waals surface area contributed by atoms with Gasteiger partial charge in [0.2, 0.25) is 0 Å². The smallest absolute Gasteiger partial charge is 0.123 e.